The maximum absolute atomic E-state index is 5.84. The van der Waals surface area contributed by atoms with Gasteiger partial charge in [-0.15, -0.1) is 0 Å². The molecule has 1 fully saturated rings. The lowest BCUT2D eigenvalue weighted by atomic mass is 9.98. The van der Waals surface area contributed by atoms with Crippen LogP contribution in [-0.4, -0.2) is 6.10 Å². The summed E-state index contributed by atoms with van der Waals surface area (Å²) in [4.78, 5) is 0. The molecule has 1 unspecified atom stereocenters. The molecule has 1 aromatic carbocycles. The van der Waals surface area contributed by atoms with Crippen LogP contribution < -0.4 is 0 Å². The topological polar surface area (TPSA) is 9.23 Å². The fourth-order valence-corrected chi connectivity index (χ4v) is 1.85. The van der Waals surface area contributed by atoms with E-state index in [1.165, 1.54) is 24.8 Å². The van der Waals surface area contributed by atoms with Gasteiger partial charge in [-0.1, -0.05) is 36.8 Å². The quantitative estimate of drug-likeness (QED) is 0.708. The predicted molar refractivity (Wildman–Crippen MR) is 57.8 cm³/mol. The Morgan fingerprint density at radius 1 is 1.21 bits per heavy atom. The molecule has 0 aliphatic heterocycles. The zero-order valence-corrected chi connectivity index (χ0v) is 8.49. The molecular weight excluding hydrogens is 172 g/mol. The zero-order chi connectivity index (χ0) is 9.64. The van der Waals surface area contributed by atoms with Gasteiger partial charge in [-0.2, -0.15) is 0 Å². The molecule has 2 rings (SSSR count). The first-order valence-electron chi connectivity index (χ1n) is 5.42. The van der Waals surface area contributed by atoms with Crippen molar-refractivity contribution in [3.8, 4) is 0 Å². The van der Waals surface area contributed by atoms with Gasteiger partial charge in [-0.05, 0) is 31.2 Å². The SMILES string of the molecule is [CH]1CCCC(OCc2ccccc2)C1. The monoisotopic (exact) mass is 189 g/mol. The molecule has 0 aromatic heterocycles. The summed E-state index contributed by atoms with van der Waals surface area (Å²) in [7, 11) is 0. The molecule has 1 radical (unpaired) electrons. The lowest BCUT2D eigenvalue weighted by Crippen LogP contribution is -2.16. The molecule has 1 aliphatic rings. The third-order valence-electron chi connectivity index (χ3n) is 2.69. The maximum atomic E-state index is 5.84. The minimum atomic E-state index is 0.462. The molecule has 0 saturated heterocycles. The van der Waals surface area contributed by atoms with Gasteiger partial charge in [0.05, 0.1) is 12.7 Å². The van der Waals surface area contributed by atoms with Crippen LogP contribution in [0.15, 0.2) is 30.3 Å². The first-order valence-corrected chi connectivity index (χ1v) is 5.42. The third kappa shape index (κ3) is 2.85. The summed E-state index contributed by atoms with van der Waals surface area (Å²) >= 11 is 0. The molecule has 0 N–H and O–H groups in total. The highest BCUT2D eigenvalue weighted by atomic mass is 16.5. The molecule has 0 amide bonds. The van der Waals surface area contributed by atoms with Gasteiger partial charge in [0.25, 0.3) is 0 Å². The van der Waals surface area contributed by atoms with Crippen molar-refractivity contribution in [3.63, 3.8) is 0 Å². The van der Waals surface area contributed by atoms with Crippen LogP contribution in [0.5, 0.6) is 0 Å². The van der Waals surface area contributed by atoms with E-state index >= 15 is 0 Å². The maximum Gasteiger partial charge on any atom is 0.0720 e. The second-order valence-corrected chi connectivity index (χ2v) is 3.87. The molecule has 75 valence electrons. The molecular formula is C13H17O. The van der Waals surface area contributed by atoms with Crippen LogP contribution in [0, 0.1) is 6.42 Å². The normalized spacial score (nSPS) is 18.3. The Kier molecular flexibility index (Phi) is 3.58. The van der Waals surface area contributed by atoms with Crippen molar-refractivity contribution < 1.29 is 4.74 Å². The van der Waals surface area contributed by atoms with Crippen LogP contribution in [0.4, 0.5) is 0 Å². The second kappa shape index (κ2) is 5.16. The van der Waals surface area contributed by atoms with Gasteiger partial charge in [-0.3, -0.25) is 0 Å². The van der Waals surface area contributed by atoms with Gasteiger partial charge in [0.2, 0.25) is 0 Å². The van der Waals surface area contributed by atoms with Crippen LogP contribution in [0.25, 0.3) is 0 Å². The average molecular weight is 189 g/mol. The van der Waals surface area contributed by atoms with Crippen molar-refractivity contribution in [2.75, 3.05) is 0 Å². The minimum Gasteiger partial charge on any atom is -0.374 e. The molecule has 1 aromatic rings. The molecule has 0 heterocycles. The number of rotatable bonds is 3. The van der Waals surface area contributed by atoms with E-state index in [1.807, 2.05) is 6.07 Å². The van der Waals surface area contributed by atoms with E-state index < -0.39 is 0 Å². The van der Waals surface area contributed by atoms with Gasteiger partial charge in [0.15, 0.2) is 0 Å². The summed E-state index contributed by atoms with van der Waals surface area (Å²) in [5, 5.41) is 0. The van der Waals surface area contributed by atoms with Gasteiger partial charge in [-0.25, -0.2) is 0 Å². The van der Waals surface area contributed by atoms with Crippen molar-refractivity contribution in [2.24, 2.45) is 0 Å². The summed E-state index contributed by atoms with van der Waals surface area (Å²) in [6.07, 6.45) is 7.73. The van der Waals surface area contributed by atoms with Crippen LogP contribution in [0.3, 0.4) is 0 Å². The van der Waals surface area contributed by atoms with E-state index in [2.05, 4.69) is 30.7 Å². The lowest BCUT2D eigenvalue weighted by molar-refractivity contribution is 0.0264. The van der Waals surface area contributed by atoms with E-state index in [0.717, 1.165) is 13.0 Å². The fourth-order valence-electron chi connectivity index (χ4n) is 1.85. The van der Waals surface area contributed by atoms with E-state index in [0.29, 0.717) is 6.10 Å². The Hall–Kier alpha value is -0.820. The molecule has 1 nitrogen and oxygen atoms in total. The van der Waals surface area contributed by atoms with Crippen molar-refractivity contribution in [3.05, 3.63) is 42.3 Å². The molecule has 0 spiro atoms. The van der Waals surface area contributed by atoms with Crippen molar-refractivity contribution in [2.45, 2.75) is 38.4 Å². The summed E-state index contributed by atoms with van der Waals surface area (Å²) in [5.74, 6) is 0. The Bertz CT molecular complexity index is 249. The molecule has 1 heteroatoms. The first kappa shape index (κ1) is 9.72. The molecule has 14 heavy (non-hydrogen) atoms. The number of ether oxygens (including phenoxy) is 1. The summed E-state index contributed by atoms with van der Waals surface area (Å²) in [5.41, 5.74) is 1.28. The van der Waals surface area contributed by atoms with Crippen LogP contribution in [0.1, 0.15) is 31.2 Å². The average Bonchev–Trinajstić information content (AvgIpc) is 2.29. The predicted octanol–water partition coefficient (Wildman–Crippen LogP) is 3.35. The van der Waals surface area contributed by atoms with Gasteiger partial charge < -0.3 is 4.74 Å². The first-order chi connectivity index (χ1) is 6.95. The standard InChI is InChI=1S/C13H17O/c1-3-7-12(8-4-1)11-14-13-9-5-2-6-10-13/h1,3-5,7-8,13H,2,6,9-11H2. The largest absolute Gasteiger partial charge is 0.374 e. The van der Waals surface area contributed by atoms with Crippen molar-refractivity contribution in [1.29, 1.82) is 0 Å². The van der Waals surface area contributed by atoms with E-state index in [9.17, 15) is 0 Å². The summed E-state index contributed by atoms with van der Waals surface area (Å²) in [6.45, 7) is 0.763. The van der Waals surface area contributed by atoms with Gasteiger partial charge in [0, 0.05) is 0 Å². The van der Waals surface area contributed by atoms with Crippen LogP contribution in [0.2, 0.25) is 0 Å². The minimum absolute atomic E-state index is 0.462. The zero-order valence-electron chi connectivity index (χ0n) is 8.49. The Morgan fingerprint density at radius 2 is 2.07 bits per heavy atom. The number of hydrogen-bond acceptors (Lipinski definition) is 1. The lowest BCUT2D eigenvalue weighted by Gasteiger charge is -2.21. The summed E-state index contributed by atoms with van der Waals surface area (Å²) in [6, 6.07) is 10.4. The van der Waals surface area contributed by atoms with Crippen LogP contribution in [-0.2, 0) is 11.3 Å². The molecule has 1 atom stereocenters. The highest BCUT2D eigenvalue weighted by Gasteiger charge is 2.13. The van der Waals surface area contributed by atoms with Gasteiger partial charge >= 0.3 is 0 Å². The van der Waals surface area contributed by atoms with Crippen LogP contribution >= 0.6 is 0 Å². The summed E-state index contributed by atoms with van der Waals surface area (Å²) < 4.78 is 5.84. The molecule has 1 aliphatic carbocycles. The Balaban J connectivity index is 1.76. The number of benzene rings is 1. The fraction of sp³-hybridized carbons (Fsp3) is 0.462. The Morgan fingerprint density at radius 3 is 2.79 bits per heavy atom. The smallest absolute Gasteiger partial charge is 0.0720 e. The second-order valence-electron chi connectivity index (χ2n) is 3.87. The van der Waals surface area contributed by atoms with Gasteiger partial charge in [0.1, 0.15) is 0 Å². The third-order valence-corrected chi connectivity index (χ3v) is 2.69. The molecule has 0 bridgehead atoms. The van der Waals surface area contributed by atoms with E-state index in [-0.39, 0.29) is 0 Å². The van der Waals surface area contributed by atoms with Crippen molar-refractivity contribution >= 4 is 0 Å². The number of hydrogen-bond donors (Lipinski definition) is 0. The van der Waals surface area contributed by atoms with E-state index in [1.54, 1.807) is 0 Å². The highest BCUT2D eigenvalue weighted by molar-refractivity contribution is 5.13. The van der Waals surface area contributed by atoms with E-state index in [4.69, 9.17) is 4.74 Å². The highest BCUT2D eigenvalue weighted by Crippen LogP contribution is 2.20. The Labute approximate surface area is 86.1 Å². The molecule has 1 saturated carbocycles. The van der Waals surface area contributed by atoms with Crippen molar-refractivity contribution in [1.82, 2.24) is 0 Å².